The van der Waals surface area contributed by atoms with E-state index in [4.69, 9.17) is 41.6 Å². The predicted molar refractivity (Wildman–Crippen MR) is 154 cm³/mol. The number of rotatable bonds is 9. The highest BCUT2D eigenvalue weighted by Gasteiger charge is 2.22. The fraction of sp³-hybridized carbons (Fsp3) is 0.194. The first kappa shape index (κ1) is 27.5. The van der Waals surface area contributed by atoms with Crippen LogP contribution in [0.2, 0.25) is 10.0 Å². The summed E-state index contributed by atoms with van der Waals surface area (Å²) in [6, 6.07) is 19.3. The third-order valence-corrected chi connectivity index (χ3v) is 6.99. The van der Waals surface area contributed by atoms with E-state index in [0.29, 0.717) is 44.4 Å². The molecule has 2 aromatic heterocycles. The van der Waals surface area contributed by atoms with Crippen LogP contribution in [0.15, 0.2) is 80.5 Å². The number of hydrogen-bond donors (Lipinski definition) is 0. The summed E-state index contributed by atoms with van der Waals surface area (Å²) in [6.45, 7) is 4.19. The minimum absolute atomic E-state index is 0.178. The molecule has 7 nitrogen and oxygen atoms in total. The molecule has 40 heavy (non-hydrogen) atoms. The second-order valence-corrected chi connectivity index (χ2v) is 9.82. The van der Waals surface area contributed by atoms with Gasteiger partial charge in [0.05, 0.1) is 27.8 Å². The number of nitrogens with zero attached hydrogens (tertiary/aromatic N) is 1. The Bertz CT molecular complexity index is 1720. The van der Waals surface area contributed by atoms with Gasteiger partial charge in [0.15, 0.2) is 0 Å². The summed E-state index contributed by atoms with van der Waals surface area (Å²) in [6.07, 6.45) is 1.57. The first-order chi connectivity index (χ1) is 19.4. The summed E-state index contributed by atoms with van der Waals surface area (Å²) >= 11 is 12.9. The van der Waals surface area contributed by atoms with Gasteiger partial charge in [0.2, 0.25) is 0 Å². The van der Waals surface area contributed by atoms with E-state index in [2.05, 4.69) is 12.1 Å². The average molecular weight is 578 g/mol. The van der Waals surface area contributed by atoms with Crippen LogP contribution in [-0.2, 0) is 17.8 Å². The van der Waals surface area contributed by atoms with Gasteiger partial charge < -0.3 is 18.4 Å². The summed E-state index contributed by atoms with van der Waals surface area (Å²) in [5, 5.41) is 5.74. The quantitative estimate of drug-likeness (QED) is 0.129. The van der Waals surface area contributed by atoms with E-state index in [-0.39, 0.29) is 18.8 Å². The fourth-order valence-corrected chi connectivity index (χ4v) is 5.03. The molecule has 0 saturated heterocycles. The van der Waals surface area contributed by atoms with Gasteiger partial charge >= 0.3 is 11.6 Å². The average Bonchev–Trinajstić information content (AvgIpc) is 3.33. The molecule has 0 unspecified atom stereocenters. The lowest BCUT2D eigenvalue weighted by atomic mass is 10.0. The summed E-state index contributed by atoms with van der Waals surface area (Å²) < 4.78 is 22.2. The SMILES string of the molecule is CCCc1onc(-c2c(Cl)cccc2Cl)c1COc1ccc(-c2ccc3c(C(=O)OCC)cc(=O)oc3c2)cc1. The number of hydrogen-bond acceptors (Lipinski definition) is 7. The van der Waals surface area contributed by atoms with E-state index < -0.39 is 11.6 Å². The number of aryl methyl sites for hydroxylation is 1. The molecule has 5 rings (SSSR count). The van der Waals surface area contributed by atoms with Crippen molar-refractivity contribution in [1.29, 1.82) is 0 Å². The molecule has 0 spiro atoms. The molecule has 5 aromatic rings. The maximum atomic E-state index is 12.3. The van der Waals surface area contributed by atoms with Crippen molar-refractivity contribution in [2.75, 3.05) is 6.61 Å². The molecule has 0 saturated carbocycles. The number of carbonyl (C=O) groups excluding carboxylic acids is 1. The van der Waals surface area contributed by atoms with Crippen molar-refractivity contribution in [3.05, 3.63) is 104 Å². The van der Waals surface area contributed by atoms with E-state index in [1.54, 1.807) is 37.3 Å². The van der Waals surface area contributed by atoms with Crippen molar-refractivity contribution >= 4 is 40.1 Å². The van der Waals surface area contributed by atoms with Crippen LogP contribution in [-0.4, -0.2) is 17.7 Å². The molecule has 0 amide bonds. The van der Waals surface area contributed by atoms with Crippen LogP contribution in [0, 0.1) is 0 Å². The van der Waals surface area contributed by atoms with Gasteiger partial charge in [0.25, 0.3) is 0 Å². The van der Waals surface area contributed by atoms with E-state index in [9.17, 15) is 9.59 Å². The Balaban J connectivity index is 1.39. The summed E-state index contributed by atoms with van der Waals surface area (Å²) in [4.78, 5) is 24.4. The zero-order chi connectivity index (χ0) is 28.2. The first-order valence-electron chi connectivity index (χ1n) is 12.8. The monoisotopic (exact) mass is 577 g/mol. The largest absolute Gasteiger partial charge is 0.489 e. The molecule has 0 atom stereocenters. The van der Waals surface area contributed by atoms with E-state index in [0.717, 1.165) is 34.9 Å². The number of aromatic nitrogens is 1. The Hall–Kier alpha value is -4.07. The topological polar surface area (TPSA) is 91.8 Å². The summed E-state index contributed by atoms with van der Waals surface area (Å²) in [5.74, 6) is 0.801. The second-order valence-electron chi connectivity index (χ2n) is 9.00. The van der Waals surface area contributed by atoms with Gasteiger partial charge in [-0.2, -0.15) is 0 Å². The number of fused-ring (bicyclic) bond motifs is 1. The Kier molecular flexibility index (Phi) is 8.24. The Morgan fingerprint density at radius 2 is 1.68 bits per heavy atom. The molecule has 3 aromatic carbocycles. The summed E-state index contributed by atoms with van der Waals surface area (Å²) in [5.41, 5.74) is 3.51. The van der Waals surface area contributed by atoms with Gasteiger partial charge in [-0.3, -0.25) is 0 Å². The normalized spacial score (nSPS) is 11.1. The zero-order valence-corrected chi connectivity index (χ0v) is 23.3. The Morgan fingerprint density at radius 3 is 2.38 bits per heavy atom. The van der Waals surface area contributed by atoms with Crippen molar-refractivity contribution < 1.29 is 23.2 Å². The number of esters is 1. The first-order valence-corrected chi connectivity index (χ1v) is 13.5. The fourth-order valence-electron chi connectivity index (χ4n) is 4.46. The molecule has 0 bridgehead atoms. The molecule has 9 heteroatoms. The highest BCUT2D eigenvalue weighted by molar-refractivity contribution is 6.39. The smallest absolute Gasteiger partial charge is 0.339 e. The van der Waals surface area contributed by atoms with Crippen LogP contribution in [0.4, 0.5) is 0 Å². The summed E-state index contributed by atoms with van der Waals surface area (Å²) in [7, 11) is 0. The van der Waals surface area contributed by atoms with Gasteiger partial charge in [-0.1, -0.05) is 59.5 Å². The van der Waals surface area contributed by atoms with E-state index >= 15 is 0 Å². The van der Waals surface area contributed by atoms with E-state index in [1.165, 1.54) is 0 Å². The molecule has 0 fully saturated rings. The molecule has 0 N–H and O–H groups in total. The highest BCUT2D eigenvalue weighted by atomic mass is 35.5. The van der Waals surface area contributed by atoms with Crippen LogP contribution in [0.25, 0.3) is 33.4 Å². The maximum absolute atomic E-state index is 12.3. The molecule has 0 aliphatic rings. The number of benzene rings is 3. The molecular formula is C31H25Cl2NO6. The lowest BCUT2D eigenvalue weighted by Crippen LogP contribution is -2.10. The zero-order valence-electron chi connectivity index (χ0n) is 21.8. The van der Waals surface area contributed by atoms with Crippen molar-refractivity contribution in [3.8, 4) is 28.1 Å². The number of ether oxygens (including phenoxy) is 2. The second kappa shape index (κ2) is 12.0. The number of carbonyl (C=O) groups is 1. The van der Waals surface area contributed by atoms with Crippen LogP contribution < -0.4 is 10.4 Å². The lowest BCUT2D eigenvalue weighted by molar-refractivity contribution is 0.0528. The molecule has 2 heterocycles. The van der Waals surface area contributed by atoms with Crippen molar-refractivity contribution in [2.45, 2.75) is 33.3 Å². The van der Waals surface area contributed by atoms with Crippen molar-refractivity contribution in [2.24, 2.45) is 0 Å². The maximum Gasteiger partial charge on any atom is 0.339 e. The minimum atomic E-state index is -0.620. The lowest BCUT2D eigenvalue weighted by Gasteiger charge is -2.11. The standard InChI is InChI=1S/C31H25Cl2NO6/c1-3-6-26-23(30(34-40-26)29-24(32)7-5-8-25(29)33)17-38-20-12-9-18(10-13-20)19-11-14-21-22(31(36)37-4-2)16-28(35)39-27(21)15-19/h5,7-16H,3-4,6,17H2,1-2H3. The highest BCUT2D eigenvalue weighted by Crippen LogP contribution is 2.37. The van der Waals surface area contributed by atoms with Crippen molar-refractivity contribution in [3.63, 3.8) is 0 Å². The van der Waals surface area contributed by atoms with Gasteiger partial charge in [-0.05, 0) is 60.9 Å². The molecule has 204 valence electrons. The number of halogens is 2. The van der Waals surface area contributed by atoms with Gasteiger partial charge in [0.1, 0.15) is 29.4 Å². The third-order valence-electron chi connectivity index (χ3n) is 6.36. The van der Waals surface area contributed by atoms with Crippen LogP contribution in [0.1, 0.15) is 41.9 Å². The molecular weight excluding hydrogens is 553 g/mol. The van der Waals surface area contributed by atoms with Crippen LogP contribution in [0.3, 0.4) is 0 Å². The molecule has 0 radical (unpaired) electrons. The molecule has 0 aliphatic carbocycles. The predicted octanol–water partition coefficient (Wildman–Crippen LogP) is 8.13. The van der Waals surface area contributed by atoms with Gasteiger partial charge in [-0.25, -0.2) is 9.59 Å². The van der Waals surface area contributed by atoms with Crippen molar-refractivity contribution in [1.82, 2.24) is 5.16 Å². The minimum Gasteiger partial charge on any atom is -0.489 e. The van der Waals surface area contributed by atoms with Crippen LogP contribution in [0.5, 0.6) is 5.75 Å². The molecule has 0 aliphatic heterocycles. The Labute approximate surface area is 240 Å². The van der Waals surface area contributed by atoms with Crippen LogP contribution >= 0.6 is 23.2 Å². The Morgan fingerprint density at radius 1 is 0.950 bits per heavy atom. The third kappa shape index (κ3) is 5.62. The van der Waals surface area contributed by atoms with E-state index in [1.807, 2.05) is 30.3 Å². The van der Waals surface area contributed by atoms with Gasteiger partial charge in [-0.15, -0.1) is 0 Å². The van der Waals surface area contributed by atoms with Gasteiger partial charge in [0, 0.05) is 23.4 Å².